The zero-order chi connectivity index (χ0) is 23.3. The molecule has 1 aliphatic rings. The van der Waals surface area contributed by atoms with Crippen molar-refractivity contribution in [1.29, 1.82) is 0 Å². The van der Waals surface area contributed by atoms with Gasteiger partial charge in [0.25, 0.3) is 5.56 Å². The molecule has 0 aliphatic carbocycles. The molecule has 6 nitrogen and oxygen atoms in total. The van der Waals surface area contributed by atoms with E-state index in [0.717, 1.165) is 10.4 Å². The number of rotatable bonds is 4. The van der Waals surface area contributed by atoms with Crippen molar-refractivity contribution in [3.05, 3.63) is 91.0 Å². The smallest absolute Gasteiger partial charge is 0.262 e. The van der Waals surface area contributed by atoms with Crippen LogP contribution in [0, 0.1) is 5.82 Å². The van der Waals surface area contributed by atoms with Gasteiger partial charge in [-0.15, -0.1) is 11.3 Å². The lowest BCUT2D eigenvalue weighted by molar-refractivity contribution is 0.396. The van der Waals surface area contributed by atoms with Crippen molar-refractivity contribution in [3.63, 3.8) is 0 Å². The molecule has 0 radical (unpaired) electrons. The van der Waals surface area contributed by atoms with Gasteiger partial charge in [0, 0.05) is 28.6 Å². The lowest BCUT2D eigenvalue weighted by atomic mass is 10.1. The van der Waals surface area contributed by atoms with Gasteiger partial charge in [0.2, 0.25) is 10.0 Å². The minimum absolute atomic E-state index is 0.0494. The molecule has 0 bridgehead atoms. The summed E-state index contributed by atoms with van der Waals surface area (Å²) in [6.07, 6.45) is 1.76. The largest absolute Gasteiger partial charge is 0.294 e. The fourth-order valence-corrected chi connectivity index (χ4v) is 7.36. The van der Waals surface area contributed by atoms with Gasteiger partial charge in [-0.1, -0.05) is 41.4 Å². The molecule has 0 atom stereocenters. The van der Waals surface area contributed by atoms with Gasteiger partial charge in [0.05, 0.1) is 23.3 Å². The van der Waals surface area contributed by atoms with Crippen molar-refractivity contribution in [2.24, 2.45) is 0 Å². The Labute approximate surface area is 202 Å². The Balaban J connectivity index is 1.51. The summed E-state index contributed by atoms with van der Waals surface area (Å²) >= 11 is 13.4. The number of hydrogen-bond acceptors (Lipinski definition) is 5. The van der Waals surface area contributed by atoms with E-state index in [4.69, 9.17) is 23.2 Å². The second-order valence-electron chi connectivity index (χ2n) is 7.62. The Morgan fingerprint density at radius 1 is 1.15 bits per heavy atom. The minimum atomic E-state index is -3.88. The summed E-state index contributed by atoms with van der Waals surface area (Å²) in [6, 6.07) is 10.6. The maximum Gasteiger partial charge on any atom is 0.262 e. The van der Waals surface area contributed by atoms with Crippen LogP contribution in [0.2, 0.25) is 10.0 Å². The van der Waals surface area contributed by atoms with E-state index >= 15 is 0 Å². The average molecular weight is 524 g/mol. The molecule has 0 N–H and O–H groups in total. The standard InChI is InChI=1S/C22H16Cl2FN3O3S2/c23-14-5-6-16(24)19(9-14)33(30,31)28-8-7-15-18(11-28)32-21-20(15)22(29)27(12-26-21)10-13-3-1-2-4-17(13)25/h1-6,9,12H,7-8,10-11H2. The summed E-state index contributed by atoms with van der Waals surface area (Å²) in [4.78, 5) is 18.8. The van der Waals surface area contributed by atoms with Crippen molar-refractivity contribution >= 4 is 54.8 Å². The van der Waals surface area contributed by atoms with Gasteiger partial charge in [-0.25, -0.2) is 17.8 Å². The van der Waals surface area contributed by atoms with Crippen LogP contribution >= 0.6 is 34.5 Å². The molecular formula is C22H16Cl2FN3O3S2. The van der Waals surface area contributed by atoms with Gasteiger partial charge in [-0.3, -0.25) is 9.36 Å². The molecule has 0 unspecified atom stereocenters. The third-order valence-electron chi connectivity index (χ3n) is 5.60. The van der Waals surface area contributed by atoms with Crippen molar-refractivity contribution in [1.82, 2.24) is 13.9 Å². The lowest BCUT2D eigenvalue weighted by Crippen LogP contribution is -2.35. The predicted molar refractivity (Wildman–Crippen MR) is 127 cm³/mol. The number of thiophene rings is 1. The Bertz CT molecular complexity index is 1570. The first-order valence-electron chi connectivity index (χ1n) is 9.94. The fraction of sp³-hybridized carbons (Fsp3) is 0.182. The van der Waals surface area contributed by atoms with Crippen LogP contribution in [0.3, 0.4) is 0 Å². The van der Waals surface area contributed by atoms with E-state index in [0.29, 0.717) is 22.2 Å². The van der Waals surface area contributed by atoms with Gasteiger partial charge < -0.3 is 0 Å². The molecule has 5 rings (SSSR count). The van der Waals surface area contributed by atoms with Crippen LogP contribution in [0.4, 0.5) is 4.39 Å². The van der Waals surface area contributed by atoms with Crippen LogP contribution in [0.1, 0.15) is 16.0 Å². The third-order valence-corrected chi connectivity index (χ3v) is 9.29. The summed E-state index contributed by atoms with van der Waals surface area (Å²) < 4.78 is 43.2. The molecule has 1 aliphatic heterocycles. The highest BCUT2D eigenvalue weighted by atomic mass is 35.5. The Morgan fingerprint density at radius 2 is 1.94 bits per heavy atom. The summed E-state index contributed by atoms with van der Waals surface area (Å²) in [6.45, 7) is 0.354. The van der Waals surface area contributed by atoms with Crippen molar-refractivity contribution in [2.75, 3.05) is 6.54 Å². The molecule has 2 aromatic heterocycles. The summed E-state index contributed by atoms with van der Waals surface area (Å²) in [5.41, 5.74) is 0.912. The molecule has 33 heavy (non-hydrogen) atoms. The van der Waals surface area contributed by atoms with Crippen LogP contribution < -0.4 is 5.56 Å². The number of sulfonamides is 1. The minimum Gasteiger partial charge on any atom is -0.294 e. The zero-order valence-electron chi connectivity index (χ0n) is 17.0. The van der Waals surface area contributed by atoms with Gasteiger partial charge in [0.15, 0.2) is 0 Å². The van der Waals surface area contributed by atoms with E-state index in [1.54, 1.807) is 18.2 Å². The highest BCUT2D eigenvalue weighted by Crippen LogP contribution is 2.36. The SMILES string of the molecule is O=c1c2c3c(sc2ncn1Cc1ccccc1F)CN(S(=O)(=O)c1cc(Cl)ccc1Cl)CC3. The van der Waals surface area contributed by atoms with Crippen molar-refractivity contribution in [2.45, 2.75) is 24.4 Å². The van der Waals surface area contributed by atoms with E-state index in [9.17, 15) is 17.6 Å². The van der Waals surface area contributed by atoms with Crippen LogP contribution in [-0.2, 0) is 29.5 Å². The predicted octanol–water partition coefficient (Wildman–Crippen LogP) is 4.70. The van der Waals surface area contributed by atoms with E-state index in [-0.39, 0.29) is 40.1 Å². The number of nitrogens with zero attached hydrogens (tertiary/aromatic N) is 3. The first kappa shape index (κ1) is 22.5. The molecule has 170 valence electrons. The average Bonchev–Trinajstić information content (AvgIpc) is 3.17. The molecule has 0 spiro atoms. The quantitative estimate of drug-likeness (QED) is 0.388. The summed E-state index contributed by atoms with van der Waals surface area (Å²) in [7, 11) is -3.88. The zero-order valence-corrected chi connectivity index (χ0v) is 20.1. The van der Waals surface area contributed by atoms with Crippen molar-refractivity contribution in [3.8, 4) is 0 Å². The number of fused-ring (bicyclic) bond motifs is 3. The number of aromatic nitrogens is 2. The van der Waals surface area contributed by atoms with Gasteiger partial charge in [-0.05, 0) is 36.2 Å². The van der Waals surface area contributed by atoms with Gasteiger partial charge in [0.1, 0.15) is 15.5 Å². The van der Waals surface area contributed by atoms with Crippen LogP contribution in [0.25, 0.3) is 10.2 Å². The summed E-state index contributed by atoms with van der Waals surface area (Å²) in [5, 5.41) is 0.836. The molecule has 3 heterocycles. The van der Waals surface area contributed by atoms with Crippen LogP contribution in [0.5, 0.6) is 0 Å². The van der Waals surface area contributed by atoms with Crippen LogP contribution in [0.15, 0.2) is 58.5 Å². The molecule has 0 saturated heterocycles. The molecular weight excluding hydrogens is 508 g/mol. The Kier molecular flexibility index (Phi) is 5.78. The molecule has 11 heteroatoms. The first-order chi connectivity index (χ1) is 15.8. The first-order valence-corrected chi connectivity index (χ1v) is 13.0. The van der Waals surface area contributed by atoms with Gasteiger partial charge in [-0.2, -0.15) is 4.31 Å². The van der Waals surface area contributed by atoms with Crippen LogP contribution in [-0.4, -0.2) is 28.8 Å². The monoisotopic (exact) mass is 523 g/mol. The van der Waals surface area contributed by atoms with E-state index < -0.39 is 15.8 Å². The summed E-state index contributed by atoms with van der Waals surface area (Å²) in [5.74, 6) is -0.391. The third kappa shape index (κ3) is 3.98. The molecule has 0 saturated carbocycles. The maximum atomic E-state index is 14.1. The van der Waals surface area contributed by atoms with Crippen molar-refractivity contribution < 1.29 is 12.8 Å². The van der Waals surface area contributed by atoms with Gasteiger partial charge >= 0.3 is 0 Å². The van der Waals surface area contributed by atoms with E-state index in [2.05, 4.69) is 4.98 Å². The molecule has 0 fully saturated rings. The highest BCUT2D eigenvalue weighted by molar-refractivity contribution is 7.89. The fourth-order valence-electron chi connectivity index (χ4n) is 3.94. The lowest BCUT2D eigenvalue weighted by Gasteiger charge is -2.26. The second-order valence-corrected chi connectivity index (χ2v) is 11.4. The molecule has 0 amide bonds. The highest BCUT2D eigenvalue weighted by Gasteiger charge is 2.33. The maximum absolute atomic E-state index is 14.1. The molecule has 4 aromatic rings. The number of hydrogen-bond donors (Lipinski definition) is 0. The number of halogens is 3. The second kappa shape index (κ2) is 8.48. The van der Waals surface area contributed by atoms with E-state index in [1.165, 1.54) is 50.8 Å². The topological polar surface area (TPSA) is 72.3 Å². The molecule has 2 aromatic carbocycles. The Morgan fingerprint density at radius 3 is 2.73 bits per heavy atom. The van der Waals surface area contributed by atoms with E-state index in [1.807, 2.05) is 0 Å². The Hall–Kier alpha value is -2.30. The normalized spacial score (nSPS) is 14.5. The number of benzene rings is 2.